The molecule has 18 nitrogen and oxygen atoms in total. The highest BCUT2D eigenvalue weighted by Crippen LogP contribution is 2.46. The van der Waals surface area contributed by atoms with Gasteiger partial charge < -0.3 is 20.3 Å². The summed E-state index contributed by atoms with van der Waals surface area (Å²) in [7, 11) is -15.1. The first-order chi connectivity index (χ1) is 20.6. The Hall–Kier alpha value is -3.96. The average Bonchev–Trinajstić information content (AvgIpc) is 2.87. The van der Waals surface area contributed by atoms with E-state index in [-0.39, 0.29) is 17.2 Å². The number of aromatic hydroxyl groups is 2. The number of nitrogens with one attached hydrogen (secondary N) is 1. The molecule has 0 fully saturated rings. The van der Waals surface area contributed by atoms with Crippen LogP contribution in [-0.4, -0.2) is 70.2 Å². The number of hydrogen-bond acceptors (Lipinski definition) is 15. The maximum atomic E-state index is 12.3. The number of phenolic OH excluding ortho intramolecular Hbond substituents is 2. The van der Waals surface area contributed by atoms with Crippen LogP contribution in [0.5, 0.6) is 17.5 Å². The van der Waals surface area contributed by atoms with E-state index in [2.05, 4.69) is 30.5 Å². The monoisotopic (exact) mass is 724 g/mol. The maximum absolute atomic E-state index is 12.3. The van der Waals surface area contributed by atoms with Gasteiger partial charge in [0.1, 0.15) is 16.3 Å². The minimum atomic E-state index is -5.28. The number of ether oxygens (including phenoxy) is 1. The molecule has 4 rings (SSSR count). The Morgan fingerprint density at radius 2 is 1.42 bits per heavy atom. The summed E-state index contributed by atoms with van der Waals surface area (Å²) < 4.78 is 106. The number of hydrogen-bond donors (Lipinski definition) is 6. The van der Waals surface area contributed by atoms with Crippen LogP contribution in [-0.2, 0) is 30.4 Å². The third-order valence-corrected chi connectivity index (χ3v) is 8.43. The second kappa shape index (κ2) is 12.1. The highest BCUT2D eigenvalue weighted by atomic mass is 35.5. The Morgan fingerprint density at radius 3 is 2.00 bits per heavy atom. The predicted molar refractivity (Wildman–Crippen MR) is 156 cm³/mol. The molecule has 0 aliphatic carbocycles. The van der Waals surface area contributed by atoms with E-state index in [0.29, 0.717) is 18.2 Å². The third kappa shape index (κ3) is 7.65. The topological polar surface area (TPSA) is 288 Å². The Balaban J connectivity index is 2.03. The standard InChI is InChI=1S/C22H18Cl2N6O12S3/c1-8(2)42-22-27-20(24)26-21(28-22)25-13-6-10(43(33,34)35)3-9-4-15(45(39,40)41)17(19(32)16(9)13)30-29-14-7-11(44(36,37)38)5-12(23)18(14)31/h3-8,31-32H,1-2H3,(H,33,34,35)(H,36,37,38)(H,39,40,41)(H,25,26,27,28). The lowest BCUT2D eigenvalue weighted by Gasteiger charge is -2.15. The molecule has 4 aromatic rings. The summed E-state index contributed by atoms with van der Waals surface area (Å²) in [6, 6.07) is 3.23. The van der Waals surface area contributed by atoms with Crippen molar-refractivity contribution in [3.05, 3.63) is 40.6 Å². The van der Waals surface area contributed by atoms with Crippen LogP contribution in [0.4, 0.5) is 23.0 Å². The second-order valence-electron chi connectivity index (χ2n) is 9.04. The average molecular weight is 726 g/mol. The molecule has 0 bridgehead atoms. The molecular weight excluding hydrogens is 707 g/mol. The smallest absolute Gasteiger partial charge is 0.322 e. The number of aromatic nitrogens is 3. The van der Waals surface area contributed by atoms with E-state index in [0.717, 1.165) is 12.1 Å². The second-order valence-corrected chi connectivity index (χ2v) is 14.0. The molecule has 3 aromatic carbocycles. The zero-order valence-electron chi connectivity index (χ0n) is 22.3. The van der Waals surface area contributed by atoms with Gasteiger partial charge in [-0.3, -0.25) is 13.7 Å². The number of nitrogens with zero attached hydrogens (tertiary/aromatic N) is 5. The maximum Gasteiger partial charge on any atom is 0.322 e. The quantitative estimate of drug-likeness (QED) is 0.103. The first-order valence-electron chi connectivity index (χ1n) is 11.7. The van der Waals surface area contributed by atoms with Crippen LogP contribution < -0.4 is 10.1 Å². The molecule has 23 heteroatoms. The van der Waals surface area contributed by atoms with Gasteiger partial charge in [-0.15, -0.1) is 10.2 Å². The molecule has 45 heavy (non-hydrogen) atoms. The van der Waals surface area contributed by atoms with E-state index in [9.17, 15) is 49.1 Å². The molecule has 240 valence electrons. The molecule has 0 aliphatic rings. The highest BCUT2D eigenvalue weighted by molar-refractivity contribution is 7.86. The van der Waals surface area contributed by atoms with Crippen molar-refractivity contribution in [2.45, 2.75) is 34.6 Å². The molecule has 0 amide bonds. The van der Waals surface area contributed by atoms with Gasteiger partial charge in [0.2, 0.25) is 11.2 Å². The van der Waals surface area contributed by atoms with Crippen molar-refractivity contribution in [3.63, 3.8) is 0 Å². The first-order valence-corrected chi connectivity index (χ1v) is 16.8. The summed E-state index contributed by atoms with van der Waals surface area (Å²) in [6.45, 7) is 3.31. The lowest BCUT2D eigenvalue weighted by Crippen LogP contribution is -2.10. The molecule has 1 aromatic heterocycles. The van der Waals surface area contributed by atoms with Gasteiger partial charge in [0.15, 0.2) is 11.5 Å². The molecule has 0 atom stereocenters. The fourth-order valence-electron chi connectivity index (χ4n) is 3.66. The molecule has 0 aliphatic heterocycles. The van der Waals surface area contributed by atoms with E-state index in [1.54, 1.807) is 13.8 Å². The number of fused-ring (bicyclic) bond motifs is 1. The van der Waals surface area contributed by atoms with Gasteiger partial charge in [0, 0.05) is 5.39 Å². The molecule has 0 saturated carbocycles. The molecule has 0 saturated heterocycles. The third-order valence-electron chi connectivity index (χ3n) is 5.45. The summed E-state index contributed by atoms with van der Waals surface area (Å²) in [4.78, 5) is 8.80. The van der Waals surface area contributed by atoms with Crippen molar-refractivity contribution in [1.29, 1.82) is 0 Å². The normalized spacial score (nSPS) is 12.7. The molecule has 0 unspecified atom stereocenters. The Morgan fingerprint density at radius 1 is 0.800 bits per heavy atom. The number of rotatable bonds is 9. The van der Waals surface area contributed by atoms with Crippen LogP contribution in [0.3, 0.4) is 0 Å². The number of azo groups is 1. The van der Waals surface area contributed by atoms with E-state index >= 15 is 0 Å². The number of phenols is 2. The predicted octanol–water partition coefficient (Wildman–Crippen LogP) is 4.43. The zero-order valence-corrected chi connectivity index (χ0v) is 26.2. The fraction of sp³-hybridized carbons (Fsp3) is 0.136. The van der Waals surface area contributed by atoms with Crippen molar-refractivity contribution in [1.82, 2.24) is 15.0 Å². The Labute approximate surface area is 263 Å². The van der Waals surface area contributed by atoms with Crippen molar-refractivity contribution < 1.29 is 53.9 Å². The van der Waals surface area contributed by atoms with Crippen LogP contribution in [0.15, 0.2) is 55.2 Å². The van der Waals surface area contributed by atoms with Gasteiger partial charge in [-0.05, 0) is 61.2 Å². The number of anilines is 2. The molecule has 6 N–H and O–H groups in total. The van der Waals surface area contributed by atoms with Crippen molar-refractivity contribution in [3.8, 4) is 17.5 Å². The van der Waals surface area contributed by atoms with Crippen LogP contribution in [0.2, 0.25) is 10.3 Å². The summed E-state index contributed by atoms with van der Waals surface area (Å²) in [5.74, 6) is -2.32. The van der Waals surface area contributed by atoms with Crippen LogP contribution in [0, 0.1) is 0 Å². The molecule has 0 spiro atoms. The van der Waals surface area contributed by atoms with Gasteiger partial charge in [-0.25, -0.2) is 0 Å². The lowest BCUT2D eigenvalue weighted by atomic mass is 10.1. The van der Waals surface area contributed by atoms with Crippen LogP contribution >= 0.6 is 23.2 Å². The van der Waals surface area contributed by atoms with Gasteiger partial charge >= 0.3 is 6.01 Å². The minimum absolute atomic E-state index is 0.263. The van der Waals surface area contributed by atoms with E-state index < -0.39 is 95.5 Å². The van der Waals surface area contributed by atoms with E-state index in [1.807, 2.05) is 0 Å². The summed E-state index contributed by atoms with van der Waals surface area (Å²) >= 11 is 11.7. The molecule has 1 heterocycles. The van der Waals surface area contributed by atoms with Gasteiger partial charge in [-0.2, -0.15) is 40.2 Å². The summed E-state index contributed by atoms with van der Waals surface area (Å²) in [5.41, 5.74) is -2.13. The largest absolute Gasteiger partial charge is 0.505 e. The van der Waals surface area contributed by atoms with Crippen molar-refractivity contribution >= 4 is 87.3 Å². The summed E-state index contributed by atoms with van der Waals surface area (Å²) in [6.07, 6.45) is -0.414. The molecule has 0 radical (unpaired) electrons. The van der Waals surface area contributed by atoms with Crippen molar-refractivity contribution in [2.75, 3.05) is 5.32 Å². The van der Waals surface area contributed by atoms with Gasteiger partial charge in [0.05, 0.1) is 26.6 Å². The van der Waals surface area contributed by atoms with Gasteiger partial charge in [0.25, 0.3) is 30.4 Å². The SMILES string of the molecule is CC(C)Oc1nc(Cl)nc(Nc2cc(S(=O)(=O)O)cc3cc(S(=O)(=O)O)c(N=Nc4cc(S(=O)(=O)O)cc(Cl)c4O)c(O)c23)n1. The number of benzene rings is 3. The van der Waals surface area contributed by atoms with Crippen LogP contribution in [0.25, 0.3) is 10.8 Å². The molecular formula is C22H18Cl2N6O12S3. The Bertz CT molecular complexity index is 2230. The van der Waals surface area contributed by atoms with Crippen molar-refractivity contribution in [2.24, 2.45) is 10.2 Å². The first kappa shape index (κ1) is 33.9. The fourth-order valence-corrected chi connectivity index (χ4v) is 5.82. The highest BCUT2D eigenvalue weighted by Gasteiger charge is 2.26. The van der Waals surface area contributed by atoms with E-state index in [4.69, 9.17) is 27.9 Å². The lowest BCUT2D eigenvalue weighted by molar-refractivity contribution is 0.222. The van der Waals surface area contributed by atoms with Crippen LogP contribution in [0.1, 0.15) is 13.8 Å². The zero-order chi connectivity index (χ0) is 33.6. The number of halogens is 2. The summed E-state index contributed by atoms with van der Waals surface area (Å²) in [5, 5.41) is 29.3. The minimum Gasteiger partial charge on any atom is -0.505 e. The van der Waals surface area contributed by atoms with E-state index in [1.165, 1.54) is 0 Å². The Kier molecular flexibility index (Phi) is 9.12. The van der Waals surface area contributed by atoms with Gasteiger partial charge in [-0.1, -0.05) is 11.6 Å².